The number of carbonyl (C=O) groups is 2. The maximum Gasteiger partial charge on any atom is 0.417 e. The van der Waals surface area contributed by atoms with Crippen molar-refractivity contribution in [2.45, 2.75) is 13.3 Å². The molecule has 1 amide bonds. The normalized spacial score (nSPS) is 10.9. The predicted octanol–water partition coefficient (Wildman–Crippen LogP) is 5.35. The molecule has 0 bridgehead atoms. The monoisotopic (exact) mass is 417 g/mol. The standard InChI is InChI=1S/C25H23NO5/c1-2-23(20-12-8-13-21(16-20)30-17-24(27)28)31-25(29)26-22-14-7-6-11-19(22)15-18-9-4-3-5-10-18/h2-14,16H,15,17H2,1H3,(H,26,29)(H,27,28). The van der Waals surface area contributed by atoms with Gasteiger partial charge in [0.25, 0.3) is 0 Å². The first-order valence-corrected chi connectivity index (χ1v) is 9.77. The van der Waals surface area contributed by atoms with E-state index in [2.05, 4.69) is 5.32 Å². The summed E-state index contributed by atoms with van der Waals surface area (Å²) in [4.78, 5) is 23.3. The topological polar surface area (TPSA) is 84.9 Å². The van der Waals surface area contributed by atoms with Crippen LogP contribution in [0.15, 0.2) is 84.9 Å². The Morgan fingerprint density at radius 3 is 2.45 bits per heavy atom. The maximum absolute atomic E-state index is 12.6. The lowest BCUT2D eigenvalue weighted by Gasteiger charge is -2.14. The van der Waals surface area contributed by atoms with Crippen molar-refractivity contribution in [1.82, 2.24) is 0 Å². The number of carboxylic acid groups (broad SMARTS) is 1. The van der Waals surface area contributed by atoms with Gasteiger partial charge in [-0.2, -0.15) is 0 Å². The Bertz CT molecular complexity index is 1080. The van der Waals surface area contributed by atoms with Gasteiger partial charge in [-0.25, -0.2) is 9.59 Å². The highest BCUT2D eigenvalue weighted by molar-refractivity contribution is 5.89. The Morgan fingerprint density at radius 2 is 1.71 bits per heavy atom. The summed E-state index contributed by atoms with van der Waals surface area (Å²) in [6.45, 7) is 1.30. The quantitative estimate of drug-likeness (QED) is 0.483. The molecule has 0 aliphatic rings. The number of ether oxygens (including phenoxy) is 2. The van der Waals surface area contributed by atoms with E-state index in [0.29, 0.717) is 29.2 Å². The van der Waals surface area contributed by atoms with Gasteiger partial charge in [0.05, 0.1) is 0 Å². The fraction of sp³-hybridized carbons (Fsp3) is 0.120. The van der Waals surface area contributed by atoms with E-state index >= 15 is 0 Å². The Labute approximate surface area is 180 Å². The third kappa shape index (κ3) is 6.47. The molecule has 0 heterocycles. The van der Waals surface area contributed by atoms with Gasteiger partial charge in [0.15, 0.2) is 6.61 Å². The van der Waals surface area contributed by atoms with Gasteiger partial charge in [0, 0.05) is 11.3 Å². The van der Waals surface area contributed by atoms with Gasteiger partial charge in [-0.1, -0.05) is 60.7 Å². The zero-order chi connectivity index (χ0) is 22.1. The first-order valence-electron chi connectivity index (χ1n) is 9.77. The van der Waals surface area contributed by atoms with Gasteiger partial charge in [-0.3, -0.25) is 5.32 Å². The van der Waals surface area contributed by atoms with Gasteiger partial charge in [-0.15, -0.1) is 0 Å². The van der Waals surface area contributed by atoms with Crippen LogP contribution in [0.1, 0.15) is 23.6 Å². The largest absolute Gasteiger partial charge is 0.482 e. The first kappa shape index (κ1) is 21.6. The van der Waals surface area contributed by atoms with Gasteiger partial charge in [0.1, 0.15) is 11.5 Å². The Balaban J connectivity index is 1.69. The summed E-state index contributed by atoms with van der Waals surface area (Å²) >= 11 is 0. The minimum Gasteiger partial charge on any atom is -0.482 e. The van der Waals surface area contributed by atoms with E-state index in [-0.39, 0.29) is 0 Å². The smallest absolute Gasteiger partial charge is 0.417 e. The molecule has 0 radical (unpaired) electrons. The highest BCUT2D eigenvalue weighted by atomic mass is 16.6. The van der Waals surface area contributed by atoms with Crippen LogP contribution >= 0.6 is 0 Å². The van der Waals surface area contributed by atoms with E-state index in [1.54, 1.807) is 37.3 Å². The molecule has 0 spiro atoms. The lowest BCUT2D eigenvalue weighted by atomic mass is 10.0. The highest BCUT2D eigenvalue weighted by Gasteiger charge is 2.12. The van der Waals surface area contributed by atoms with Crippen LogP contribution in [0.25, 0.3) is 5.76 Å². The van der Waals surface area contributed by atoms with Crippen molar-refractivity contribution in [3.8, 4) is 5.75 Å². The summed E-state index contributed by atoms with van der Waals surface area (Å²) in [5.41, 5.74) is 3.37. The van der Waals surface area contributed by atoms with Crippen molar-refractivity contribution >= 4 is 23.5 Å². The third-order valence-electron chi connectivity index (χ3n) is 4.44. The van der Waals surface area contributed by atoms with Crippen molar-refractivity contribution in [2.75, 3.05) is 11.9 Å². The number of benzene rings is 3. The number of rotatable bonds is 8. The van der Waals surface area contributed by atoms with Crippen LogP contribution in [0.5, 0.6) is 5.75 Å². The summed E-state index contributed by atoms with van der Waals surface area (Å²) in [5, 5.41) is 11.6. The molecule has 3 aromatic rings. The number of anilines is 1. The van der Waals surface area contributed by atoms with E-state index in [4.69, 9.17) is 14.6 Å². The third-order valence-corrected chi connectivity index (χ3v) is 4.44. The first-order chi connectivity index (χ1) is 15.0. The zero-order valence-electron chi connectivity index (χ0n) is 17.1. The van der Waals surface area contributed by atoms with Gasteiger partial charge < -0.3 is 14.6 Å². The van der Waals surface area contributed by atoms with Crippen LogP contribution in [0.2, 0.25) is 0 Å². The number of carboxylic acids is 1. The summed E-state index contributed by atoms with van der Waals surface area (Å²) in [6, 6.07) is 24.3. The van der Waals surface area contributed by atoms with E-state index < -0.39 is 18.7 Å². The molecule has 0 saturated carbocycles. The minimum absolute atomic E-state index is 0.332. The van der Waals surface area contributed by atoms with Gasteiger partial charge in [0.2, 0.25) is 0 Å². The fourth-order valence-electron chi connectivity index (χ4n) is 3.02. The number of nitrogens with one attached hydrogen (secondary N) is 1. The van der Waals surface area contributed by atoms with Crippen LogP contribution in [-0.4, -0.2) is 23.8 Å². The Morgan fingerprint density at radius 1 is 0.968 bits per heavy atom. The molecule has 0 saturated heterocycles. The number of para-hydroxylation sites is 1. The van der Waals surface area contributed by atoms with Crippen molar-refractivity contribution < 1.29 is 24.2 Å². The maximum atomic E-state index is 12.6. The highest BCUT2D eigenvalue weighted by Crippen LogP contribution is 2.23. The van der Waals surface area contributed by atoms with Gasteiger partial charge in [-0.05, 0) is 48.7 Å². The van der Waals surface area contributed by atoms with Crippen LogP contribution in [0.4, 0.5) is 10.5 Å². The molecule has 3 rings (SSSR count). The molecule has 6 heteroatoms. The van der Waals surface area contributed by atoms with Gasteiger partial charge >= 0.3 is 12.1 Å². The average molecular weight is 417 g/mol. The van der Waals surface area contributed by atoms with Crippen molar-refractivity contribution in [3.63, 3.8) is 0 Å². The molecule has 0 aromatic heterocycles. The molecule has 3 aromatic carbocycles. The molecular weight excluding hydrogens is 394 g/mol. The van der Waals surface area contributed by atoms with E-state index in [9.17, 15) is 9.59 Å². The SMILES string of the molecule is CC=C(OC(=O)Nc1ccccc1Cc1ccccc1)c1cccc(OCC(=O)O)c1. The molecule has 0 aliphatic carbocycles. The van der Waals surface area contributed by atoms with Crippen molar-refractivity contribution in [3.05, 3.63) is 102 Å². The average Bonchev–Trinajstić information content (AvgIpc) is 2.78. The molecule has 0 unspecified atom stereocenters. The lowest BCUT2D eigenvalue weighted by molar-refractivity contribution is -0.139. The second-order valence-electron chi connectivity index (χ2n) is 6.70. The fourth-order valence-corrected chi connectivity index (χ4v) is 3.02. The zero-order valence-corrected chi connectivity index (χ0v) is 17.1. The minimum atomic E-state index is -1.07. The van der Waals surface area contributed by atoms with E-state index in [0.717, 1.165) is 11.1 Å². The van der Waals surface area contributed by atoms with Crippen LogP contribution < -0.4 is 10.1 Å². The van der Waals surface area contributed by atoms with E-state index in [1.807, 2.05) is 54.6 Å². The Hall–Kier alpha value is -4.06. The van der Waals surface area contributed by atoms with Crippen LogP contribution in [0, 0.1) is 0 Å². The number of carbonyl (C=O) groups excluding carboxylic acids is 1. The molecule has 31 heavy (non-hydrogen) atoms. The summed E-state index contributed by atoms with van der Waals surface area (Å²) in [5.74, 6) is -0.364. The molecule has 6 nitrogen and oxygen atoms in total. The number of hydrogen-bond acceptors (Lipinski definition) is 4. The molecule has 2 N–H and O–H groups in total. The number of allylic oxidation sites excluding steroid dienone is 1. The van der Waals surface area contributed by atoms with E-state index in [1.165, 1.54) is 0 Å². The van der Waals surface area contributed by atoms with Crippen molar-refractivity contribution in [2.24, 2.45) is 0 Å². The summed E-state index contributed by atoms with van der Waals surface area (Å²) < 4.78 is 10.7. The summed E-state index contributed by atoms with van der Waals surface area (Å²) in [6.07, 6.45) is 1.72. The lowest BCUT2D eigenvalue weighted by Crippen LogP contribution is -2.14. The molecule has 0 aliphatic heterocycles. The molecule has 0 atom stereocenters. The summed E-state index contributed by atoms with van der Waals surface area (Å²) in [7, 11) is 0. The molecule has 0 fully saturated rings. The van der Waals surface area contributed by atoms with Crippen LogP contribution in [0.3, 0.4) is 0 Å². The number of amides is 1. The second-order valence-corrected chi connectivity index (χ2v) is 6.70. The number of aliphatic carboxylic acids is 1. The number of hydrogen-bond donors (Lipinski definition) is 2. The molecular formula is C25H23NO5. The predicted molar refractivity (Wildman–Crippen MR) is 119 cm³/mol. The second kappa shape index (κ2) is 10.6. The van der Waals surface area contributed by atoms with Crippen LogP contribution in [-0.2, 0) is 16.0 Å². The van der Waals surface area contributed by atoms with Crippen molar-refractivity contribution in [1.29, 1.82) is 0 Å². The molecule has 158 valence electrons. The Kier molecular flexibility index (Phi) is 7.43.